The summed E-state index contributed by atoms with van der Waals surface area (Å²) in [5.41, 5.74) is 1.69. The van der Waals surface area contributed by atoms with E-state index >= 15 is 0 Å². The van der Waals surface area contributed by atoms with Crippen molar-refractivity contribution in [3.05, 3.63) is 71.4 Å². The van der Waals surface area contributed by atoms with Gasteiger partial charge in [-0.2, -0.15) is 5.10 Å². The summed E-state index contributed by atoms with van der Waals surface area (Å²) in [6.45, 7) is 1.78. The number of nitrogens with one attached hydrogen (secondary N) is 1. The molecule has 6 heteroatoms. The molecule has 0 fully saturated rings. The molecule has 0 spiro atoms. The Morgan fingerprint density at radius 1 is 1.17 bits per heavy atom. The number of hydrogen-bond acceptors (Lipinski definition) is 3. The van der Waals surface area contributed by atoms with Crippen molar-refractivity contribution in [3.63, 3.8) is 0 Å². The third kappa shape index (κ3) is 3.94. The van der Waals surface area contributed by atoms with E-state index in [-0.39, 0.29) is 12.5 Å². The predicted molar refractivity (Wildman–Crippen MR) is 93.9 cm³/mol. The van der Waals surface area contributed by atoms with Gasteiger partial charge < -0.3 is 10.1 Å². The number of amides is 1. The maximum absolute atomic E-state index is 12.1. The summed E-state index contributed by atoms with van der Waals surface area (Å²) in [4.78, 5) is 12.1. The van der Waals surface area contributed by atoms with Gasteiger partial charge in [-0.15, -0.1) is 0 Å². The van der Waals surface area contributed by atoms with Crippen molar-refractivity contribution in [3.8, 4) is 11.4 Å². The van der Waals surface area contributed by atoms with Crippen LogP contribution < -0.4 is 10.1 Å². The first kappa shape index (κ1) is 16.1. The quantitative estimate of drug-likeness (QED) is 0.766. The topological polar surface area (TPSA) is 56.1 Å². The van der Waals surface area contributed by atoms with Crippen molar-refractivity contribution in [2.45, 2.75) is 6.92 Å². The summed E-state index contributed by atoms with van der Waals surface area (Å²) in [7, 11) is 0. The van der Waals surface area contributed by atoms with Crippen LogP contribution in [-0.4, -0.2) is 22.3 Å². The molecule has 1 aromatic heterocycles. The monoisotopic (exact) mass is 341 g/mol. The number of carbonyl (C=O) groups excluding carboxylic acids is 1. The zero-order chi connectivity index (χ0) is 16.9. The van der Waals surface area contributed by atoms with Crippen molar-refractivity contribution >= 4 is 23.3 Å². The molecule has 0 saturated carbocycles. The van der Waals surface area contributed by atoms with E-state index in [1.165, 1.54) is 0 Å². The minimum Gasteiger partial charge on any atom is -0.484 e. The zero-order valence-corrected chi connectivity index (χ0v) is 13.8. The molecule has 0 unspecified atom stereocenters. The van der Waals surface area contributed by atoms with E-state index in [0.717, 1.165) is 11.4 Å². The average Bonchev–Trinajstić information content (AvgIpc) is 2.95. The molecule has 0 aliphatic carbocycles. The molecule has 2 aromatic carbocycles. The Morgan fingerprint density at radius 2 is 1.88 bits per heavy atom. The van der Waals surface area contributed by atoms with Gasteiger partial charge in [0.25, 0.3) is 5.91 Å². The predicted octanol–water partition coefficient (Wildman–Crippen LogP) is 3.85. The highest BCUT2D eigenvalue weighted by atomic mass is 35.5. The Kier molecular flexibility index (Phi) is 4.82. The number of halogens is 1. The van der Waals surface area contributed by atoms with Gasteiger partial charge in [0.1, 0.15) is 11.6 Å². The lowest BCUT2D eigenvalue weighted by Crippen LogP contribution is -2.21. The lowest BCUT2D eigenvalue weighted by Gasteiger charge is -2.10. The number of carbonyl (C=O) groups is 1. The van der Waals surface area contributed by atoms with E-state index < -0.39 is 0 Å². The van der Waals surface area contributed by atoms with E-state index in [4.69, 9.17) is 16.3 Å². The van der Waals surface area contributed by atoms with Gasteiger partial charge in [-0.1, -0.05) is 29.8 Å². The number of hydrogen-bond donors (Lipinski definition) is 1. The molecule has 0 saturated heterocycles. The Balaban J connectivity index is 1.67. The summed E-state index contributed by atoms with van der Waals surface area (Å²) < 4.78 is 7.14. The molecular weight excluding hydrogens is 326 g/mol. The summed E-state index contributed by atoms with van der Waals surface area (Å²) in [5, 5.41) is 7.85. The first-order valence-corrected chi connectivity index (χ1v) is 7.80. The lowest BCUT2D eigenvalue weighted by atomic mass is 10.3. The molecule has 0 bridgehead atoms. The summed E-state index contributed by atoms with van der Waals surface area (Å²) in [5.74, 6) is 0.924. The zero-order valence-electron chi connectivity index (χ0n) is 13.1. The van der Waals surface area contributed by atoms with Crippen LogP contribution in [0.2, 0.25) is 5.02 Å². The number of ether oxygens (including phenoxy) is 1. The van der Waals surface area contributed by atoms with Gasteiger partial charge in [-0.25, -0.2) is 4.68 Å². The van der Waals surface area contributed by atoms with Gasteiger partial charge in [-0.3, -0.25) is 4.79 Å². The number of nitrogens with zero attached hydrogens (tertiary/aromatic N) is 2. The van der Waals surface area contributed by atoms with Crippen molar-refractivity contribution in [2.24, 2.45) is 0 Å². The van der Waals surface area contributed by atoms with Crippen LogP contribution in [0.5, 0.6) is 5.75 Å². The van der Waals surface area contributed by atoms with Gasteiger partial charge in [0, 0.05) is 11.1 Å². The van der Waals surface area contributed by atoms with E-state index in [9.17, 15) is 4.79 Å². The fourth-order valence-electron chi connectivity index (χ4n) is 2.21. The number of aryl methyl sites for hydroxylation is 1. The van der Waals surface area contributed by atoms with E-state index in [1.54, 1.807) is 28.9 Å². The second-order valence-electron chi connectivity index (χ2n) is 5.21. The third-order valence-corrected chi connectivity index (χ3v) is 3.54. The van der Waals surface area contributed by atoms with Crippen molar-refractivity contribution < 1.29 is 9.53 Å². The molecule has 1 amide bonds. The Labute approximate surface area is 144 Å². The fourth-order valence-corrected chi connectivity index (χ4v) is 2.34. The SMILES string of the molecule is Cc1cc(NC(=O)COc2ccc(Cl)cc2)n(-c2ccccc2)n1. The fraction of sp³-hybridized carbons (Fsp3) is 0.111. The van der Waals surface area contributed by atoms with E-state index in [2.05, 4.69) is 10.4 Å². The van der Waals surface area contributed by atoms with Crippen LogP contribution in [0.15, 0.2) is 60.7 Å². The molecule has 3 aromatic rings. The highest BCUT2D eigenvalue weighted by Crippen LogP contribution is 2.18. The average molecular weight is 342 g/mol. The van der Waals surface area contributed by atoms with E-state index in [1.807, 2.05) is 43.3 Å². The molecule has 3 rings (SSSR count). The normalized spacial score (nSPS) is 10.4. The van der Waals surface area contributed by atoms with Crippen LogP contribution >= 0.6 is 11.6 Å². The third-order valence-electron chi connectivity index (χ3n) is 3.28. The second kappa shape index (κ2) is 7.19. The van der Waals surface area contributed by atoms with Crippen molar-refractivity contribution in [2.75, 3.05) is 11.9 Å². The molecule has 0 radical (unpaired) electrons. The van der Waals surface area contributed by atoms with Gasteiger partial charge in [0.15, 0.2) is 6.61 Å². The number of benzene rings is 2. The van der Waals surface area contributed by atoms with Crippen LogP contribution in [0.1, 0.15) is 5.69 Å². The first-order chi connectivity index (χ1) is 11.6. The van der Waals surface area contributed by atoms with Gasteiger partial charge in [0.05, 0.1) is 11.4 Å². The summed E-state index contributed by atoms with van der Waals surface area (Å²) in [6, 6.07) is 18.3. The maximum Gasteiger partial charge on any atom is 0.263 e. The Morgan fingerprint density at radius 3 is 2.58 bits per heavy atom. The molecule has 24 heavy (non-hydrogen) atoms. The number of aromatic nitrogens is 2. The maximum atomic E-state index is 12.1. The Hall–Kier alpha value is -2.79. The molecular formula is C18H16ClN3O2. The van der Waals surface area contributed by atoms with Crippen LogP contribution in [0.25, 0.3) is 5.69 Å². The number of anilines is 1. The lowest BCUT2D eigenvalue weighted by molar-refractivity contribution is -0.118. The summed E-state index contributed by atoms with van der Waals surface area (Å²) >= 11 is 5.82. The van der Waals surface area contributed by atoms with E-state index in [0.29, 0.717) is 16.6 Å². The largest absolute Gasteiger partial charge is 0.484 e. The van der Waals surface area contributed by atoms with Gasteiger partial charge >= 0.3 is 0 Å². The van der Waals surface area contributed by atoms with Gasteiger partial charge in [0.2, 0.25) is 0 Å². The van der Waals surface area contributed by atoms with Crippen LogP contribution in [0, 0.1) is 6.92 Å². The molecule has 5 nitrogen and oxygen atoms in total. The standard InChI is InChI=1S/C18H16ClN3O2/c1-13-11-17(22(21-13)15-5-3-2-4-6-15)20-18(23)12-24-16-9-7-14(19)8-10-16/h2-11H,12H2,1H3,(H,20,23). The number of rotatable bonds is 5. The van der Waals surface area contributed by atoms with Gasteiger partial charge in [-0.05, 0) is 43.3 Å². The highest BCUT2D eigenvalue weighted by molar-refractivity contribution is 6.30. The number of para-hydroxylation sites is 1. The molecule has 122 valence electrons. The minimum atomic E-state index is -0.262. The second-order valence-corrected chi connectivity index (χ2v) is 5.65. The summed E-state index contributed by atoms with van der Waals surface area (Å²) in [6.07, 6.45) is 0. The van der Waals surface area contributed by atoms with Crippen LogP contribution in [-0.2, 0) is 4.79 Å². The Bertz CT molecular complexity index is 829. The molecule has 1 heterocycles. The minimum absolute atomic E-state index is 0.0966. The van der Waals surface area contributed by atoms with Crippen molar-refractivity contribution in [1.29, 1.82) is 0 Å². The molecule has 1 N–H and O–H groups in total. The smallest absolute Gasteiger partial charge is 0.263 e. The first-order valence-electron chi connectivity index (χ1n) is 7.42. The van der Waals surface area contributed by atoms with Crippen LogP contribution in [0.3, 0.4) is 0 Å². The molecule has 0 aliphatic rings. The highest BCUT2D eigenvalue weighted by Gasteiger charge is 2.11. The van der Waals surface area contributed by atoms with Crippen molar-refractivity contribution in [1.82, 2.24) is 9.78 Å². The molecule has 0 atom stereocenters. The van der Waals surface area contributed by atoms with Crippen LogP contribution in [0.4, 0.5) is 5.82 Å². The molecule has 0 aliphatic heterocycles.